The fraction of sp³-hybridized carbons (Fsp3) is 0.500. The highest BCUT2D eigenvalue weighted by Crippen LogP contribution is 2.21. The lowest BCUT2D eigenvalue weighted by molar-refractivity contribution is 0.787. The second-order valence-corrected chi connectivity index (χ2v) is 4.34. The van der Waals surface area contributed by atoms with Crippen molar-refractivity contribution in [3.05, 3.63) is 34.3 Å². The Labute approximate surface area is 91.5 Å². The Morgan fingerprint density at radius 2 is 2.00 bits per heavy atom. The van der Waals surface area contributed by atoms with Crippen molar-refractivity contribution in [1.29, 1.82) is 0 Å². The number of likely N-dealkylation sites (N-methyl/N-ethyl adjacent to an activating group) is 1. The average Bonchev–Trinajstić information content (AvgIpc) is 2.14. The van der Waals surface area contributed by atoms with Crippen LogP contribution in [0, 0.1) is 0 Å². The SMILES string of the molecule is CNCCc1cc(Cl)cc(C(C)C)c1. The first-order chi connectivity index (χ1) is 6.63. The molecule has 0 saturated carbocycles. The molecule has 1 nitrogen and oxygen atoms in total. The van der Waals surface area contributed by atoms with Gasteiger partial charge in [0.05, 0.1) is 0 Å². The van der Waals surface area contributed by atoms with Crippen molar-refractivity contribution in [1.82, 2.24) is 5.32 Å². The molecule has 2 heteroatoms. The standard InChI is InChI=1S/C12H18ClN/c1-9(2)11-6-10(4-5-14-3)7-12(13)8-11/h6-9,14H,4-5H2,1-3H3. The second-order valence-electron chi connectivity index (χ2n) is 3.90. The van der Waals surface area contributed by atoms with Crippen LogP contribution in [0.15, 0.2) is 18.2 Å². The van der Waals surface area contributed by atoms with Crippen molar-refractivity contribution >= 4 is 11.6 Å². The highest BCUT2D eigenvalue weighted by molar-refractivity contribution is 6.30. The average molecular weight is 212 g/mol. The van der Waals surface area contributed by atoms with Crippen molar-refractivity contribution in [2.24, 2.45) is 0 Å². The summed E-state index contributed by atoms with van der Waals surface area (Å²) >= 11 is 6.05. The van der Waals surface area contributed by atoms with E-state index in [9.17, 15) is 0 Å². The first kappa shape index (κ1) is 11.5. The van der Waals surface area contributed by atoms with E-state index in [0.717, 1.165) is 18.0 Å². The van der Waals surface area contributed by atoms with E-state index < -0.39 is 0 Å². The van der Waals surface area contributed by atoms with Crippen LogP contribution in [0.5, 0.6) is 0 Å². The van der Waals surface area contributed by atoms with Gasteiger partial charge in [-0.3, -0.25) is 0 Å². The van der Waals surface area contributed by atoms with Gasteiger partial charge in [0.1, 0.15) is 0 Å². The molecule has 0 fully saturated rings. The van der Waals surface area contributed by atoms with Crippen molar-refractivity contribution < 1.29 is 0 Å². The molecular weight excluding hydrogens is 194 g/mol. The van der Waals surface area contributed by atoms with Crippen LogP contribution in [0.4, 0.5) is 0 Å². The molecule has 1 N–H and O–H groups in total. The Bertz CT molecular complexity index is 294. The Kier molecular flexibility index (Phi) is 4.43. The molecule has 0 heterocycles. The molecule has 0 aliphatic carbocycles. The summed E-state index contributed by atoms with van der Waals surface area (Å²) in [5.41, 5.74) is 2.64. The van der Waals surface area contributed by atoms with Crippen LogP contribution in [0.1, 0.15) is 30.9 Å². The van der Waals surface area contributed by atoms with Gasteiger partial charge < -0.3 is 5.32 Å². The molecule has 0 unspecified atom stereocenters. The van der Waals surface area contributed by atoms with Crippen LogP contribution < -0.4 is 5.32 Å². The molecule has 0 aliphatic heterocycles. The van der Waals surface area contributed by atoms with Crippen LogP contribution in [-0.2, 0) is 6.42 Å². The lowest BCUT2D eigenvalue weighted by Gasteiger charge is -2.09. The van der Waals surface area contributed by atoms with E-state index in [1.54, 1.807) is 0 Å². The Hall–Kier alpha value is -0.530. The lowest BCUT2D eigenvalue weighted by Crippen LogP contribution is -2.10. The summed E-state index contributed by atoms with van der Waals surface area (Å²) < 4.78 is 0. The van der Waals surface area contributed by atoms with Crippen LogP contribution in [0.2, 0.25) is 5.02 Å². The monoisotopic (exact) mass is 211 g/mol. The molecule has 1 aromatic carbocycles. The molecule has 0 aliphatic rings. The number of hydrogen-bond acceptors (Lipinski definition) is 1. The fourth-order valence-electron chi connectivity index (χ4n) is 1.42. The van der Waals surface area contributed by atoms with Crippen LogP contribution in [-0.4, -0.2) is 13.6 Å². The first-order valence-electron chi connectivity index (χ1n) is 5.07. The minimum Gasteiger partial charge on any atom is -0.319 e. The largest absolute Gasteiger partial charge is 0.319 e. The van der Waals surface area contributed by atoms with E-state index in [1.807, 2.05) is 13.1 Å². The zero-order valence-corrected chi connectivity index (χ0v) is 9.86. The lowest BCUT2D eigenvalue weighted by atomic mass is 10.00. The summed E-state index contributed by atoms with van der Waals surface area (Å²) in [6.07, 6.45) is 1.04. The third kappa shape index (κ3) is 3.32. The minimum absolute atomic E-state index is 0.544. The Balaban J connectivity index is 2.84. The smallest absolute Gasteiger partial charge is 0.0411 e. The van der Waals surface area contributed by atoms with Gasteiger partial charge in [-0.2, -0.15) is 0 Å². The van der Waals surface area contributed by atoms with Gasteiger partial charge in [-0.25, -0.2) is 0 Å². The first-order valence-corrected chi connectivity index (χ1v) is 5.45. The minimum atomic E-state index is 0.544. The molecule has 0 bridgehead atoms. The zero-order valence-electron chi connectivity index (χ0n) is 9.10. The molecule has 0 amide bonds. The van der Waals surface area contributed by atoms with Crippen molar-refractivity contribution in [2.75, 3.05) is 13.6 Å². The van der Waals surface area contributed by atoms with Gasteiger partial charge in [0, 0.05) is 5.02 Å². The molecule has 0 radical (unpaired) electrons. The van der Waals surface area contributed by atoms with Crippen molar-refractivity contribution in [3.63, 3.8) is 0 Å². The molecule has 1 aromatic rings. The number of hydrogen-bond donors (Lipinski definition) is 1. The molecule has 78 valence electrons. The van der Waals surface area contributed by atoms with Crippen molar-refractivity contribution in [2.45, 2.75) is 26.2 Å². The van der Waals surface area contributed by atoms with Gasteiger partial charge in [0.25, 0.3) is 0 Å². The zero-order chi connectivity index (χ0) is 10.6. The summed E-state index contributed by atoms with van der Waals surface area (Å²) in [6, 6.07) is 6.34. The van der Waals surface area contributed by atoms with E-state index in [0.29, 0.717) is 5.92 Å². The molecule has 0 spiro atoms. The van der Waals surface area contributed by atoms with Gasteiger partial charge in [-0.1, -0.05) is 31.5 Å². The molecule has 1 rings (SSSR count). The van der Waals surface area contributed by atoms with E-state index in [2.05, 4.69) is 31.3 Å². The number of rotatable bonds is 4. The fourth-order valence-corrected chi connectivity index (χ4v) is 1.69. The van der Waals surface area contributed by atoms with Gasteiger partial charge in [0.2, 0.25) is 0 Å². The quantitative estimate of drug-likeness (QED) is 0.807. The molecule has 0 atom stereocenters. The number of halogens is 1. The summed E-state index contributed by atoms with van der Waals surface area (Å²) in [5, 5.41) is 3.99. The summed E-state index contributed by atoms with van der Waals surface area (Å²) in [7, 11) is 1.97. The molecular formula is C12H18ClN. The van der Waals surface area contributed by atoms with Crippen LogP contribution >= 0.6 is 11.6 Å². The Morgan fingerprint density at radius 1 is 1.29 bits per heavy atom. The maximum Gasteiger partial charge on any atom is 0.0411 e. The highest BCUT2D eigenvalue weighted by atomic mass is 35.5. The second kappa shape index (κ2) is 5.38. The maximum atomic E-state index is 6.05. The topological polar surface area (TPSA) is 12.0 Å². The normalized spacial score (nSPS) is 10.9. The van der Waals surface area contributed by atoms with Gasteiger partial charge in [0.15, 0.2) is 0 Å². The van der Waals surface area contributed by atoms with Crippen LogP contribution in [0.25, 0.3) is 0 Å². The van der Waals surface area contributed by atoms with E-state index >= 15 is 0 Å². The maximum absolute atomic E-state index is 6.05. The highest BCUT2D eigenvalue weighted by Gasteiger charge is 2.02. The van der Waals surface area contributed by atoms with Crippen LogP contribution in [0.3, 0.4) is 0 Å². The predicted octanol–water partition coefficient (Wildman–Crippen LogP) is 3.23. The third-order valence-corrected chi connectivity index (χ3v) is 2.53. The summed E-state index contributed by atoms with van der Waals surface area (Å²) in [6.45, 7) is 5.37. The van der Waals surface area contributed by atoms with Gasteiger partial charge >= 0.3 is 0 Å². The summed E-state index contributed by atoms with van der Waals surface area (Å²) in [4.78, 5) is 0. The molecule has 0 aromatic heterocycles. The summed E-state index contributed by atoms with van der Waals surface area (Å²) in [5.74, 6) is 0.544. The van der Waals surface area contributed by atoms with Crippen molar-refractivity contribution in [3.8, 4) is 0 Å². The van der Waals surface area contributed by atoms with Gasteiger partial charge in [-0.05, 0) is 49.2 Å². The van der Waals surface area contributed by atoms with E-state index in [4.69, 9.17) is 11.6 Å². The third-order valence-electron chi connectivity index (χ3n) is 2.31. The molecule has 14 heavy (non-hydrogen) atoms. The number of nitrogens with one attached hydrogen (secondary N) is 1. The van der Waals surface area contributed by atoms with E-state index in [-0.39, 0.29) is 0 Å². The Morgan fingerprint density at radius 3 is 2.57 bits per heavy atom. The predicted molar refractivity (Wildman–Crippen MR) is 63.2 cm³/mol. The van der Waals surface area contributed by atoms with E-state index in [1.165, 1.54) is 11.1 Å². The molecule has 0 saturated heterocycles. The van der Waals surface area contributed by atoms with Gasteiger partial charge in [-0.15, -0.1) is 0 Å². The number of benzene rings is 1.